The first-order chi connectivity index (χ1) is 15.6. The molecule has 0 unspecified atom stereocenters. The first-order valence-corrected chi connectivity index (χ1v) is 11.2. The average Bonchev–Trinajstić information content (AvgIpc) is 3.37. The monoisotopic (exact) mass is 445 g/mol. The predicted molar refractivity (Wildman–Crippen MR) is 128 cm³/mol. The number of amides is 1. The number of anilines is 1. The summed E-state index contributed by atoms with van der Waals surface area (Å²) in [5.74, 6) is 1.87. The van der Waals surface area contributed by atoms with Crippen LogP contribution in [0.4, 0.5) is 5.69 Å². The highest BCUT2D eigenvalue weighted by molar-refractivity contribution is 6.31. The van der Waals surface area contributed by atoms with Crippen LogP contribution in [-0.2, 0) is 11.3 Å². The highest BCUT2D eigenvalue weighted by Crippen LogP contribution is 2.34. The molecule has 1 aliphatic heterocycles. The lowest BCUT2D eigenvalue weighted by molar-refractivity contribution is -0.117. The van der Waals surface area contributed by atoms with Crippen LogP contribution in [0.3, 0.4) is 0 Å². The van der Waals surface area contributed by atoms with Crippen molar-refractivity contribution < 1.29 is 9.53 Å². The Balaban J connectivity index is 1.41. The molecule has 6 heteroatoms. The highest BCUT2D eigenvalue weighted by atomic mass is 35.5. The molecule has 0 radical (unpaired) electrons. The molecule has 1 saturated heterocycles. The van der Waals surface area contributed by atoms with Crippen LogP contribution in [-0.4, -0.2) is 28.6 Å². The molecule has 0 saturated carbocycles. The lowest BCUT2D eigenvalue weighted by Gasteiger charge is -2.18. The number of carbonyl (C=O) groups is 1. The Morgan fingerprint density at radius 1 is 1.06 bits per heavy atom. The average molecular weight is 446 g/mol. The molecule has 3 aromatic carbocycles. The number of hydrogen-bond donors (Lipinski definition) is 0. The maximum Gasteiger partial charge on any atom is 0.227 e. The zero-order valence-electron chi connectivity index (χ0n) is 17.9. The van der Waals surface area contributed by atoms with E-state index in [1.807, 2.05) is 78.6 Å². The SMILES string of the molecule is Cc1ccc(N2C[C@@H](c3nc4ccccc4n3CCOc3ccccc3)CC2=O)cc1Cl. The summed E-state index contributed by atoms with van der Waals surface area (Å²) in [6.07, 6.45) is 0.425. The van der Waals surface area contributed by atoms with E-state index >= 15 is 0 Å². The summed E-state index contributed by atoms with van der Waals surface area (Å²) in [6, 6.07) is 23.7. The third kappa shape index (κ3) is 3.96. The van der Waals surface area contributed by atoms with E-state index in [-0.39, 0.29) is 11.8 Å². The van der Waals surface area contributed by atoms with Crippen LogP contribution in [0.1, 0.15) is 23.7 Å². The number of imidazole rings is 1. The van der Waals surface area contributed by atoms with Gasteiger partial charge in [0.2, 0.25) is 5.91 Å². The summed E-state index contributed by atoms with van der Waals surface area (Å²) in [5.41, 5.74) is 3.83. The number of aromatic nitrogens is 2. The van der Waals surface area contributed by atoms with Gasteiger partial charge >= 0.3 is 0 Å². The van der Waals surface area contributed by atoms with E-state index in [0.717, 1.165) is 33.9 Å². The molecule has 0 bridgehead atoms. The molecule has 5 nitrogen and oxygen atoms in total. The van der Waals surface area contributed by atoms with Crippen LogP contribution in [0.25, 0.3) is 11.0 Å². The van der Waals surface area contributed by atoms with Crippen molar-refractivity contribution in [3.8, 4) is 5.75 Å². The van der Waals surface area contributed by atoms with Crippen molar-refractivity contribution in [1.82, 2.24) is 9.55 Å². The van der Waals surface area contributed by atoms with Gasteiger partial charge in [0, 0.05) is 29.6 Å². The molecule has 0 aliphatic carbocycles. The fourth-order valence-electron chi connectivity index (χ4n) is 4.29. The molecule has 0 spiro atoms. The van der Waals surface area contributed by atoms with Gasteiger partial charge in [0.25, 0.3) is 0 Å². The minimum atomic E-state index is 0.00621. The normalized spacial score (nSPS) is 16.1. The highest BCUT2D eigenvalue weighted by Gasteiger charge is 2.35. The fourth-order valence-corrected chi connectivity index (χ4v) is 4.47. The van der Waals surface area contributed by atoms with Crippen LogP contribution in [0.15, 0.2) is 72.8 Å². The van der Waals surface area contributed by atoms with Crippen molar-refractivity contribution in [2.24, 2.45) is 0 Å². The molecule has 4 aromatic rings. The lowest BCUT2D eigenvalue weighted by Crippen LogP contribution is -2.24. The first-order valence-electron chi connectivity index (χ1n) is 10.8. The Kier molecular flexibility index (Phi) is 5.58. The molecule has 1 aromatic heterocycles. The first kappa shape index (κ1) is 20.6. The van der Waals surface area contributed by atoms with E-state index in [1.54, 1.807) is 0 Å². The van der Waals surface area contributed by atoms with Crippen molar-refractivity contribution in [2.75, 3.05) is 18.1 Å². The number of para-hydroxylation sites is 3. The van der Waals surface area contributed by atoms with Crippen LogP contribution in [0.5, 0.6) is 5.75 Å². The standard InChI is InChI=1S/C26H24ClN3O2/c1-18-11-12-20(16-22(18)27)30-17-19(15-25(30)31)26-28-23-9-5-6-10-24(23)29(26)13-14-32-21-7-3-2-4-8-21/h2-12,16,19H,13-15,17H2,1H3/t19-/m0/s1. The van der Waals surface area contributed by atoms with Gasteiger partial charge in [0.15, 0.2) is 0 Å². The Labute approximate surface area is 192 Å². The maximum atomic E-state index is 12.9. The number of halogens is 1. The number of carbonyl (C=O) groups excluding carboxylic acids is 1. The van der Waals surface area contributed by atoms with E-state index in [1.165, 1.54) is 0 Å². The molecule has 5 rings (SSSR count). The van der Waals surface area contributed by atoms with Gasteiger partial charge in [0.1, 0.15) is 18.2 Å². The third-order valence-corrected chi connectivity index (χ3v) is 6.38. The van der Waals surface area contributed by atoms with E-state index < -0.39 is 0 Å². The zero-order chi connectivity index (χ0) is 22.1. The fraction of sp³-hybridized carbons (Fsp3) is 0.231. The Bertz CT molecular complexity index is 1270. The molecule has 0 N–H and O–H groups in total. The van der Waals surface area contributed by atoms with Crippen molar-refractivity contribution >= 4 is 34.2 Å². The van der Waals surface area contributed by atoms with Crippen LogP contribution >= 0.6 is 11.6 Å². The number of rotatable bonds is 6. The van der Waals surface area contributed by atoms with Gasteiger partial charge in [0.05, 0.1) is 17.6 Å². The minimum absolute atomic E-state index is 0.00621. The summed E-state index contributed by atoms with van der Waals surface area (Å²) in [7, 11) is 0. The molecule has 1 amide bonds. The minimum Gasteiger partial charge on any atom is -0.492 e. The molecule has 2 heterocycles. The second-order valence-electron chi connectivity index (χ2n) is 8.11. The summed E-state index contributed by atoms with van der Waals surface area (Å²) in [5, 5.41) is 0.670. The van der Waals surface area contributed by atoms with Gasteiger partial charge in [-0.15, -0.1) is 0 Å². The summed E-state index contributed by atoms with van der Waals surface area (Å²) in [6.45, 7) is 3.72. The number of benzene rings is 3. The molecule has 1 fully saturated rings. The zero-order valence-corrected chi connectivity index (χ0v) is 18.6. The summed E-state index contributed by atoms with van der Waals surface area (Å²) >= 11 is 6.31. The number of hydrogen-bond acceptors (Lipinski definition) is 3. The van der Waals surface area contributed by atoms with Crippen LogP contribution in [0, 0.1) is 6.92 Å². The smallest absolute Gasteiger partial charge is 0.227 e. The number of aryl methyl sites for hydroxylation is 1. The van der Waals surface area contributed by atoms with Gasteiger partial charge < -0.3 is 14.2 Å². The number of fused-ring (bicyclic) bond motifs is 1. The topological polar surface area (TPSA) is 47.4 Å². The maximum absolute atomic E-state index is 12.9. The van der Waals surface area contributed by atoms with E-state index in [2.05, 4.69) is 10.6 Å². The number of ether oxygens (including phenoxy) is 1. The molecule has 1 atom stereocenters. The number of nitrogens with zero attached hydrogens (tertiary/aromatic N) is 3. The van der Waals surface area contributed by atoms with Gasteiger partial charge in [-0.3, -0.25) is 4.79 Å². The molecular weight excluding hydrogens is 422 g/mol. The van der Waals surface area contributed by atoms with Crippen molar-refractivity contribution in [3.05, 3.63) is 89.2 Å². The summed E-state index contributed by atoms with van der Waals surface area (Å²) in [4.78, 5) is 19.6. The summed E-state index contributed by atoms with van der Waals surface area (Å²) < 4.78 is 8.14. The lowest BCUT2D eigenvalue weighted by atomic mass is 10.1. The predicted octanol–water partition coefficient (Wildman–Crippen LogP) is 5.60. The van der Waals surface area contributed by atoms with Crippen molar-refractivity contribution in [1.29, 1.82) is 0 Å². The van der Waals surface area contributed by atoms with Gasteiger partial charge in [-0.2, -0.15) is 0 Å². The Hall–Kier alpha value is -3.31. The van der Waals surface area contributed by atoms with Crippen LogP contribution in [0.2, 0.25) is 5.02 Å². The van der Waals surface area contributed by atoms with Crippen molar-refractivity contribution in [2.45, 2.75) is 25.8 Å². The third-order valence-electron chi connectivity index (χ3n) is 5.97. The van der Waals surface area contributed by atoms with Crippen LogP contribution < -0.4 is 9.64 Å². The van der Waals surface area contributed by atoms with E-state index in [9.17, 15) is 4.79 Å². The molecule has 162 valence electrons. The quantitative estimate of drug-likeness (QED) is 0.388. The van der Waals surface area contributed by atoms with Crippen molar-refractivity contribution in [3.63, 3.8) is 0 Å². The van der Waals surface area contributed by atoms with Gasteiger partial charge in [-0.05, 0) is 48.9 Å². The van der Waals surface area contributed by atoms with Gasteiger partial charge in [-0.1, -0.05) is 48.0 Å². The molecule has 32 heavy (non-hydrogen) atoms. The van der Waals surface area contributed by atoms with E-state index in [0.29, 0.717) is 31.1 Å². The largest absolute Gasteiger partial charge is 0.492 e. The Morgan fingerprint density at radius 3 is 2.66 bits per heavy atom. The molecular formula is C26H24ClN3O2. The second kappa shape index (κ2) is 8.67. The molecule has 1 aliphatic rings. The Morgan fingerprint density at radius 2 is 1.84 bits per heavy atom. The van der Waals surface area contributed by atoms with E-state index in [4.69, 9.17) is 21.3 Å². The van der Waals surface area contributed by atoms with Gasteiger partial charge in [-0.25, -0.2) is 4.98 Å². The second-order valence-corrected chi connectivity index (χ2v) is 8.52.